The fourth-order valence-corrected chi connectivity index (χ4v) is 2.90. The van der Waals surface area contributed by atoms with Gasteiger partial charge in [-0.05, 0) is 43.9 Å². The average Bonchev–Trinajstić information content (AvgIpc) is 2.37. The van der Waals surface area contributed by atoms with E-state index in [1.54, 1.807) is 6.07 Å². The number of aromatic nitrogens is 2. The summed E-state index contributed by atoms with van der Waals surface area (Å²) >= 11 is 3.28. The quantitative estimate of drug-likeness (QED) is 0.874. The molecule has 0 saturated heterocycles. The van der Waals surface area contributed by atoms with Gasteiger partial charge in [-0.2, -0.15) is 0 Å². The molecule has 5 heteroatoms. The first-order valence-corrected chi connectivity index (χ1v) is 7.04. The first-order chi connectivity index (χ1) is 9.13. The van der Waals surface area contributed by atoms with E-state index in [0.717, 1.165) is 36.9 Å². The maximum atomic E-state index is 13.4. The van der Waals surface area contributed by atoms with Crippen molar-refractivity contribution in [3.63, 3.8) is 0 Å². The summed E-state index contributed by atoms with van der Waals surface area (Å²) in [5.41, 5.74) is 8.71. The Labute approximate surface area is 119 Å². The summed E-state index contributed by atoms with van der Waals surface area (Å²) in [4.78, 5) is 8.87. The topological polar surface area (TPSA) is 51.8 Å². The second-order valence-electron chi connectivity index (χ2n) is 4.72. The molecular formula is C14H13BrFN3. The molecule has 1 heterocycles. The number of nitrogen functional groups attached to an aromatic ring is 1. The molecule has 2 aromatic rings. The third kappa shape index (κ3) is 2.47. The van der Waals surface area contributed by atoms with Crippen molar-refractivity contribution >= 4 is 21.7 Å². The van der Waals surface area contributed by atoms with Crippen molar-refractivity contribution in [2.24, 2.45) is 0 Å². The second-order valence-corrected chi connectivity index (χ2v) is 5.64. The molecule has 1 aromatic carbocycles. The summed E-state index contributed by atoms with van der Waals surface area (Å²) in [5.74, 6) is 0.711. The Bertz CT molecular complexity index is 623. The highest BCUT2D eigenvalue weighted by Crippen LogP contribution is 2.28. The summed E-state index contributed by atoms with van der Waals surface area (Å²) in [7, 11) is 0. The normalized spacial score (nSPS) is 14.2. The average molecular weight is 322 g/mol. The molecule has 19 heavy (non-hydrogen) atoms. The van der Waals surface area contributed by atoms with Crippen LogP contribution >= 0.6 is 15.9 Å². The molecule has 0 amide bonds. The Morgan fingerprint density at radius 1 is 1.11 bits per heavy atom. The number of fused-ring (bicyclic) bond motifs is 1. The van der Waals surface area contributed by atoms with Crippen LogP contribution in [0, 0.1) is 5.82 Å². The lowest BCUT2D eigenvalue weighted by Crippen LogP contribution is -2.11. The van der Waals surface area contributed by atoms with Crippen molar-refractivity contribution in [3.8, 4) is 11.4 Å². The highest BCUT2D eigenvalue weighted by atomic mass is 79.9. The van der Waals surface area contributed by atoms with Gasteiger partial charge < -0.3 is 5.73 Å². The maximum absolute atomic E-state index is 13.4. The van der Waals surface area contributed by atoms with Gasteiger partial charge >= 0.3 is 0 Å². The summed E-state index contributed by atoms with van der Waals surface area (Å²) < 4.78 is 14.1. The van der Waals surface area contributed by atoms with Crippen molar-refractivity contribution in [2.45, 2.75) is 25.7 Å². The van der Waals surface area contributed by atoms with E-state index in [1.165, 1.54) is 12.1 Å². The summed E-state index contributed by atoms with van der Waals surface area (Å²) in [6, 6.07) is 4.63. The van der Waals surface area contributed by atoms with Crippen LogP contribution in [0.25, 0.3) is 11.4 Å². The molecule has 2 N–H and O–H groups in total. The zero-order valence-corrected chi connectivity index (χ0v) is 11.9. The predicted molar refractivity (Wildman–Crippen MR) is 76.2 cm³/mol. The van der Waals surface area contributed by atoms with E-state index >= 15 is 0 Å². The van der Waals surface area contributed by atoms with Crippen molar-refractivity contribution in [3.05, 3.63) is 39.7 Å². The highest BCUT2D eigenvalue weighted by Gasteiger charge is 2.17. The van der Waals surface area contributed by atoms with Crippen LogP contribution in [0.2, 0.25) is 0 Å². The molecule has 0 unspecified atom stereocenters. The Balaban J connectivity index is 2.12. The number of rotatable bonds is 1. The molecule has 1 aliphatic carbocycles. The molecule has 0 atom stereocenters. The zero-order chi connectivity index (χ0) is 13.4. The van der Waals surface area contributed by atoms with Gasteiger partial charge in [-0.25, -0.2) is 14.4 Å². The first-order valence-electron chi connectivity index (χ1n) is 6.25. The monoisotopic (exact) mass is 321 g/mol. The lowest BCUT2D eigenvalue weighted by molar-refractivity contribution is 0.627. The van der Waals surface area contributed by atoms with Crippen LogP contribution in [-0.4, -0.2) is 9.97 Å². The van der Waals surface area contributed by atoms with Gasteiger partial charge in [0.1, 0.15) is 11.6 Å². The molecule has 0 aliphatic heterocycles. The van der Waals surface area contributed by atoms with E-state index in [1.807, 2.05) is 0 Å². The number of nitrogens with zero attached hydrogens (tertiary/aromatic N) is 2. The van der Waals surface area contributed by atoms with Gasteiger partial charge in [-0.3, -0.25) is 0 Å². The summed E-state index contributed by atoms with van der Waals surface area (Å²) in [6.45, 7) is 0. The number of nitrogens with two attached hydrogens (primary N) is 1. The molecule has 0 fully saturated rings. The van der Waals surface area contributed by atoms with Gasteiger partial charge in [0.05, 0.1) is 0 Å². The van der Waals surface area contributed by atoms with Gasteiger partial charge in [0.25, 0.3) is 0 Å². The molecule has 1 aromatic heterocycles. The third-order valence-corrected chi connectivity index (χ3v) is 3.79. The minimum absolute atomic E-state index is 0.315. The van der Waals surface area contributed by atoms with Crippen LogP contribution < -0.4 is 5.73 Å². The van der Waals surface area contributed by atoms with Gasteiger partial charge in [-0.15, -0.1) is 0 Å². The van der Waals surface area contributed by atoms with E-state index in [4.69, 9.17) is 5.73 Å². The molecular weight excluding hydrogens is 309 g/mol. The summed E-state index contributed by atoms with van der Waals surface area (Å²) in [6.07, 6.45) is 4.11. The Morgan fingerprint density at radius 3 is 2.68 bits per heavy atom. The van der Waals surface area contributed by atoms with E-state index in [2.05, 4.69) is 25.9 Å². The molecule has 3 rings (SSSR count). The third-order valence-electron chi connectivity index (χ3n) is 3.34. The first kappa shape index (κ1) is 12.5. The molecule has 1 aliphatic rings. The van der Waals surface area contributed by atoms with Crippen molar-refractivity contribution in [1.29, 1.82) is 0 Å². The number of benzene rings is 1. The summed E-state index contributed by atoms with van der Waals surface area (Å²) in [5, 5.41) is 0. The number of halogens is 2. The lowest BCUT2D eigenvalue weighted by atomic mass is 9.96. The fraction of sp³-hybridized carbons (Fsp3) is 0.286. The smallest absolute Gasteiger partial charge is 0.161 e. The van der Waals surface area contributed by atoms with E-state index in [9.17, 15) is 4.39 Å². The van der Waals surface area contributed by atoms with E-state index in [0.29, 0.717) is 21.7 Å². The Morgan fingerprint density at radius 2 is 1.89 bits per heavy atom. The van der Waals surface area contributed by atoms with Gasteiger partial charge in [0, 0.05) is 21.3 Å². The standard InChI is InChI=1S/C14H13BrFN3/c15-9-5-8(6-10(16)7-9)14-18-12-4-2-1-3-11(12)13(17)19-14/h5-7H,1-4H2,(H2,17,18,19). The molecule has 0 spiro atoms. The molecule has 3 nitrogen and oxygen atoms in total. The van der Waals surface area contributed by atoms with Crippen LogP contribution in [0.1, 0.15) is 24.1 Å². The maximum Gasteiger partial charge on any atom is 0.161 e. The zero-order valence-electron chi connectivity index (χ0n) is 10.3. The number of hydrogen-bond donors (Lipinski definition) is 1. The fourth-order valence-electron chi connectivity index (χ4n) is 2.44. The number of anilines is 1. The minimum atomic E-state index is -0.315. The van der Waals surface area contributed by atoms with Gasteiger partial charge in [0.2, 0.25) is 0 Å². The molecule has 0 radical (unpaired) electrons. The van der Waals surface area contributed by atoms with Crippen LogP contribution in [0.5, 0.6) is 0 Å². The van der Waals surface area contributed by atoms with Crippen LogP contribution in [0.15, 0.2) is 22.7 Å². The van der Waals surface area contributed by atoms with Crippen molar-refractivity contribution < 1.29 is 4.39 Å². The molecule has 98 valence electrons. The largest absolute Gasteiger partial charge is 0.383 e. The number of aryl methyl sites for hydroxylation is 1. The van der Waals surface area contributed by atoms with Crippen LogP contribution in [0.3, 0.4) is 0 Å². The predicted octanol–water partition coefficient (Wildman–Crippen LogP) is 3.51. The number of hydrogen-bond acceptors (Lipinski definition) is 3. The Kier molecular flexibility index (Phi) is 3.22. The van der Waals surface area contributed by atoms with Gasteiger partial charge in [-0.1, -0.05) is 15.9 Å². The minimum Gasteiger partial charge on any atom is -0.383 e. The lowest BCUT2D eigenvalue weighted by Gasteiger charge is -2.17. The van der Waals surface area contributed by atoms with Crippen molar-refractivity contribution in [1.82, 2.24) is 9.97 Å². The molecule has 0 saturated carbocycles. The molecule has 0 bridgehead atoms. The van der Waals surface area contributed by atoms with Gasteiger partial charge in [0.15, 0.2) is 5.82 Å². The van der Waals surface area contributed by atoms with E-state index in [-0.39, 0.29) is 5.82 Å². The second kappa shape index (κ2) is 4.89. The van der Waals surface area contributed by atoms with E-state index < -0.39 is 0 Å². The highest BCUT2D eigenvalue weighted by molar-refractivity contribution is 9.10. The Hall–Kier alpha value is -1.49. The SMILES string of the molecule is Nc1nc(-c2cc(F)cc(Br)c2)nc2c1CCCC2. The van der Waals surface area contributed by atoms with Crippen LogP contribution in [-0.2, 0) is 12.8 Å². The van der Waals surface area contributed by atoms with Crippen molar-refractivity contribution in [2.75, 3.05) is 5.73 Å². The van der Waals surface area contributed by atoms with Crippen LogP contribution in [0.4, 0.5) is 10.2 Å².